The van der Waals surface area contributed by atoms with E-state index in [4.69, 9.17) is 0 Å². The predicted molar refractivity (Wildman–Crippen MR) is 59.7 cm³/mol. The van der Waals surface area contributed by atoms with Gasteiger partial charge in [0, 0.05) is 0 Å². The zero-order valence-corrected chi connectivity index (χ0v) is 9.06. The summed E-state index contributed by atoms with van der Waals surface area (Å²) in [6.07, 6.45) is 10.2. The minimum Gasteiger partial charge on any atom is -0.0955 e. The summed E-state index contributed by atoms with van der Waals surface area (Å²) in [7, 11) is 0. The summed E-state index contributed by atoms with van der Waals surface area (Å²) < 4.78 is 0. The van der Waals surface area contributed by atoms with E-state index in [-0.39, 0.29) is 0 Å². The summed E-state index contributed by atoms with van der Waals surface area (Å²) in [5.41, 5.74) is 3.04. The average molecular weight is 176 g/mol. The Labute approximate surface area is 82.0 Å². The van der Waals surface area contributed by atoms with E-state index in [1.54, 1.807) is 0 Å². The number of hydrogen-bond donors (Lipinski definition) is 0. The van der Waals surface area contributed by atoms with Crippen molar-refractivity contribution in [1.29, 1.82) is 0 Å². The van der Waals surface area contributed by atoms with Crippen molar-refractivity contribution in [3.05, 3.63) is 36.0 Å². The second-order valence-electron chi connectivity index (χ2n) is 4.13. The Morgan fingerprint density at radius 1 is 1.38 bits per heavy atom. The lowest BCUT2D eigenvalue weighted by atomic mass is 9.75. The van der Waals surface area contributed by atoms with Gasteiger partial charge in [-0.3, -0.25) is 0 Å². The molecule has 0 radical (unpaired) electrons. The molecule has 0 saturated heterocycles. The molecule has 0 aromatic heterocycles. The first-order valence-corrected chi connectivity index (χ1v) is 5.19. The maximum Gasteiger partial charge on any atom is -0.00805 e. The minimum atomic E-state index is 0.347. The van der Waals surface area contributed by atoms with Crippen LogP contribution in [-0.4, -0.2) is 0 Å². The van der Waals surface area contributed by atoms with Crippen molar-refractivity contribution < 1.29 is 0 Å². The molecule has 1 aliphatic rings. The van der Waals surface area contributed by atoms with Gasteiger partial charge in [-0.2, -0.15) is 0 Å². The summed E-state index contributed by atoms with van der Waals surface area (Å²) in [5.74, 6) is 0. The van der Waals surface area contributed by atoms with E-state index in [0.29, 0.717) is 5.41 Å². The van der Waals surface area contributed by atoms with Gasteiger partial charge in [-0.1, -0.05) is 51.2 Å². The van der Waals surface area contributed by atoms with Crippen LogP contribution in [0, 0.1) is 5.41 Å². The quantitative estimate of drug-likeness (QED) is 0.603. The van der Waals surface area contributed by atoms with Crippen LogP contribution >= 0.6 is 0 Å². The molecule has 0 atom stereocenters. The molecule has 0 spiro atoms. The second kappa shape index (κ2) is 3.95. The molecular weight excluding hydrogens is 156 g/mol. The van der Waals surface area contributed by atoms with E-state index in [1.807, 2.05) is 0 Å². The van der Waals surface area contributed by atoms with Gasteiger partial charge in [-0.05, 0) is 30.3 Å². The third kappa shape index (κ3) is 2.12. The molecule has 0 heteroatoms. The van der Waals surface area contributed by atoms with E-state index in [1.165, 1.54) is 24.0 Å². The molecule has 0 saturated carbocycles. The Balaban J connectivity index is 2.92. The van der Waals surface area contributed by atoms with E-state index in [2.05, 4.69) is 45.6 Å². The second-order valence-corrected chi connectivity index (χ2v) is 4.13. The van der Waals surface area contributed by atoms with Gasteiger partial charge < -0.3 is 0 Å². The van der Waals surface area contributed by atoms with Gasteiger partial charge in [-0.15, -0.1) is 0 Å². The van der Waals surface area contributed by atoms with E-state index in [0.717, 1.165) is 6.42 Å². The lowest BCUT2D eigenvalue weighted by Crippen LogP contribution is -2.17. The smallest absolute Gasteiger partial charge is 0.00805 e. The van der Waals surface area contributed by atoms with Gasteiger partial charge in [0.2, 0.25) is 0 Å². The van der Waals surface area contributed by atoms with Crippen molar-refractivity contribution in [2.24, 2.45) is 5.41 Å². The van der Waals surface area contributed by atoms with Crippen LogP contribution in [0.4, 0.5) is 0 Å². The zero-order valence-electron chi connectivity index (χ0n) is 9.06. The Morgan fingerprint density at radius 2 is 2.00 bits per heavy atom. The third-order valence-electron chi connectivity index (χ3n) is 3.29. The van der Waals surface area contributed by atoms with Crippen molar-refractivity contribution in [3.8, 4) is 0 Å². The first-order chi connectivity index (χ1) is 6.12. The zero-order chi connectivity index (χ0) is 9.90. The van der Waals surface area contributed by atoms with Crippen LogP contribution in [0.15, 0.2) is 36.0 Å². The van der Waals surface area contributed by atoms with Crippen LogP contribution in [0.2, 0.25) is 0 Å². The molecule has 1 rings (SSSR count). The molecule has 0 fully saturated rings. The molecule has 0 bridgehead atoms. The average Bonchev–Trinajstić information content (AvgIpc) is 2.17. The predicted octanol–water partition coefficient (Wildman–Crippen LogP) is 4.26. The van der Waals surface area contributed by atoms with Gasteiger partial charge >= 0.3 is 0 Å². The molecule has 0 heterocycles. The molecule has 0 nitrogen and oxygen atoms in total. The van der Waals surface area contributed by atoms with Crippen molar-refractivity contribution in [2.45, 2.75) is 40.0 Å². The molecule has 1 aliphatic carbocycles. The molecule has 13 heavy (non-hydrogen) atoms. The lowest BCUT2D eigenvalue weighted by molar-refractivity contribution is 0.375. The Bertz CT molecular complexity index is 249. The minimum absolute atomic E-state index is 0.347. The highest BCUT2D eigenvalue weighted by atomic mass is 14.3. The van der Waals surface area contributed by atoms with E-state index >= 15 is 0 Å². The molecule has 0 aliphatic heterocycles. The largest absolute Gasteiger partial charge is 0.0955 e. The fraction of sp³-hybridized carbons (Fsp3) is 0.538. The summed E-state index contributed by atoms with van der Waals surface area (Å²) >= 11 is 0. The van der Waals surface area contributed by atoms with Gasteiger partial charge in [0.05, 0.1) is 0 Å². The summed E-state index contributed by atoms with van der Waals surface area (Å²) in [5, 5.41) is 0. The first-order valence-electron chi connectivity index (χ1n) is 5.19. The van der Waals surface area contributed by atoms with Gasteiger partial charge in [-0.25, -0.2) is 0 Å². The number of rotatable bonds is 3. The van der Waals surface area contributed by atoms with E-state index in [9.17, 15) is 0 Å². The molecule has 0 N–H and O–H groups in total. The van der Waals surface area contributed by atoms with Crippen LogP contribution in [0.3, 0.4) is 0 Å². The molecule has 72 valence electrons. The summed E-state index contributed by atoms with van der Waals surface area (Å²) in [6, 6.07) is 0. The molecule has 0 aromatic carbocycles. The normalized spacial score (nSPS) is 17.5. The first kappa shape index (κ1) is 10.3. The molecule has 0 aromatic rings. The number of hydrogen-bond acceptors (Lipinski definition) is 0. The van der Waals surface area contributed by atoms with Crippen LogP contribution in [0.1, 0.15) is 40.0 Å². The van der Waals surface area contributed by atoms with Gasteiger partial charge in [0.25, 0.3) is 0 Å². The molecule has 0 unspecified atom stereocenters. The lowest BCUT2D eigenvalue weighted by Gasteiger charge is -2.30. The Morgan fingerprint density at radius 3 is 2.46 bits per heavy atom. The van der Waals surface area contributed by atoms with Crippen molar-refractivity contribution >= 4 is 0 Å². The van der Waals surface area contributed by atoms with Crippen LogP contribution < -0.4 is 0 Å². The highest BCUT2D eigenvalue weighted by Gasteiger charge is 2.23. The summed E-state index contributed by atoms with van der Waals surface area (Å²) in [4.78, 5) is 0. The SMILES string of the molecule is C=C1C=C(C(C)(CC)CC)C=CC1. The van der Waals surface area contributed by atoms with Crippen LogP contribution in [-0.2, 0) is 0 Å². The van der Waals surface area contributed by atoms with Crippen molar-refractivity contribution in [2.75, 3.05) is 0 Å². The summed E-state index contributed by atoms with van der Waals surface area (Å²) in [6.45, 7) is 10.9. The maximum atomic E-state index is 4.02. The van der Waals surface area contributed by atoms with Crippen LogP contribution in [0.25, 0.3) is 0 Å². The molecular formula is C13H20. The fourth-order valence-corrected chi connectivity index (χ4v) is 1.70. The standard InChI is InChI=1S/C13H20/c1-5-13(4,6-2)12-9-7-8-11(3)10-12/h7,9-10H,3,5-6,8H2,1-2,4H3. The monoisotopic (exact) mass is 176 g/mol. The third-order valence-corrected chi connectivity index (χ3v) is 3.29. The fourth-order valence-electron chi connectivity index (χ4n) is 1.70. The molecule has 0 amide bonds. The highest BCUT2D eigenvalue weighted by Crippen LogP contribution is 2.37. The topological polar surface area (TPSA) is 0 Å². The number of allylic oxidation sites excluding steroid dienone is 5. The Kier molecular flexibility index (Phi) is 3.13. The van der Waals surface area contributed by atoms with Crippen molar-refractivity contribution in [1.82, 2.24) is 0 Å². The van der Waals surface area contributed by atoms with E-state index < -0.39 is 0 Å². The van der Waals surface area contributed by atoms with Crippen molar-refractivity contribution in [3.63, 3.8) is 0 Å². The Hall–Kier alpha value is -0.780. The van der Waals surface area contributed by atoms with Gasteiger partial charge in [0.1, 0.15) is 0 Å². The maximum absolute atomic E-state index is 4.02. The van der Waals surface area contributed by atoms with Crippen LogP contribution in [0.5, 0.6) is 0 Å². The highest BCUT2D eigenvalue weighted by molar-refractivity contribution is 5.38. The van der Waals surface area contributed by atoms with Gasteiger partial charge in [0.15, 0.2) is 0 Å².